The summed E-state index contributed by atoms with van der Waals surface area (Å²) in [7, 11) is 1.66. The van der Waals surface area contributed by atoms with Gasteiger partial charge < -0.3 is 9.73 Å². The number of nitrogens with one attached hydrogen (secondary N) is 1. The lowest BCUT2D eigenvalue weighted by atomic mass is 10.6. The summed E-state index contributed by atoms with van der Waals surface area (Å²) in [6.07, 6.45) is 0. The Hall–Kier alpha value is -0.990. The first-order valence-corrected chi connectivity index (χ1v) is 2.26. The van der Waals surface area contributed by atoms with Crippen molar-refractivity contribution in [2.24, 2.45) is 0 Å². The highest BCUT2D eigenvalue weighted by Gasteiger charge is 1.93. The van der Waals surface area contributed by atoms with Crippen LogP contribution in [0.25, 0.3) is 0 Å². The molecule has 0 aliphatic rings. The van der Waals surface area contributed by atoms with E-state index in [-0.39, 0.29) is 0 Å². The maximum Gasteiger partial charge on any atom is 0.279 e. The maximum atomic E-state index is 11.9. The molecule has 0 spiro atoms. The molecular formula is C5H6FNO. The molecule has 0 saturated carbocycles. The van der Waals surface area contributed by atoms with Crippen LogP contribution < -0.4 is 5.32 Å². The molecular weight excluding hydrogens is 109 g/mol. The molecule has 0 unspecified atom stereocenters. The molecule has 0 fully saturated rings. The normalized spacial score (nSPS) is 9.25. The van der Waals surface area contributed by atoms with Gasteiger partial charge >= 0.3 is 0 Å². The monoisotopic (exact) mass is 115 g/mol. The number of anilines is 1. The molecule has 1 aromatic rings. The van der Waals surface area contributed by atoms with Gasteiger partial charge in [0.15, 0.2) is 5.88 Å². The smallest absolute Gasteiger partial charge is 0.279 e. The number of rotatable bonds is 1. The van der Waals surface area contributed by atoms with Crippen molar-refractivity contribution in [3.05, 3.63) is 18.1 Å². The summed E-state index contributed by atoms with van der Waals surface area (Å²) >= 11 is 0. The fraction of sp³-hybridized carbons (Fsp3) is 0.200. The van der Waals surface area contributed by atoms with Crippen LogP contribution in [0.1, 0.15) is 0 Å². The Balaban J connectivity index is 2.84. The van der Waals surface area contributed by atoms with Crippen LogP contribution in [-0.2, 0) is 0 Å². The van der Waals surface area contributed by atoms with Gasteiger partial charge in [-0.25, -0.2) is 0 Å². The summed E-state index contributed by atoms with van der Waals surface area (Å²) in [6, 6.07) is 2.22. The predicted octanol–water partition coefficient (Wildman–Crippen LogP) is 1.46. The van der Waals surface area contributed by atoms with Gasteiger partial charge in [0.2, 0.25) is 0 Å². The molecule has 0 aromatic carbocycles. The molecule has 1 N–H and O–H groups in total. The van der Waals surface area contributed by atoms with Crippen molar-refractivity contribution in [3.63, 3.8) is 0 Å². The van der Waals surface area contributed by atoms with E-state index < -0.39 is 6.01 Å². The Bertz CT molecular complexity index is 173. The second-order valence-electron chi connectivity index (χ2n) is 1.35. The number of furan rings is 1. The molecule has 1 aromatic heterocycles. The topological polar surface area (TPSA) is 25.2 Å². The van der Waals surface area contributed by atoms with Crippen molar-refractivity contribution in [3.8, 4) is 0 Å². The molecule has 2 nitrogen and oxygen atoms in total. The summed E-state index contributed by atoms with van der Waals surface area (Å²) in [4.78, 5) is 0. The lowest BCUT2D eigenvalue weighted by molar-refractivity contribution is 0.368. The third-order valence-electron chi connectivity index (χ3n) is 0.820. The Morgan fingerprint density at radius 2 is 2.38 bits per heavy atom. The van der Waals surface area contributed by atoms with Gasteiger partial charge in [0, 0.05) is 19.2 Å². The highest BCUT2D eigenvalue weighted by Crippen LogP contribution is 2.09. The Morgan fingerprint density at radius 1 is 1.62 bits per heavy atom. The van der Waals surface area contributed by atoms with E-state index in [0.717, 1.165) is 0 Å². The van der Waals surface area contributed by atoms with E-state index in [1.54, 1.807) is 7.05 Å². The molecule has 1 rings (SSSR count). The number of halogens is 1. The molecule has 1 heterocycles. The van der Waals surface area contributed by atoms with Crippen LogP contribution in [0.2, 0.25) is 0 Å². The van der Waals surface area contributed by atoms with Crippen LogP contribution in [0.15, 0.2) is 16.5 Å². The van der Waals surface area contributed by atoms with Gasteiger partial charge in [-0.15, -0.1) is 0 Å². The van der Waals surface area contributed by atoms with E-state index in [1.165, 1.54) is 12.1 Å². The molecule has 0 bridgehead atoms. The first-order valence-electron chi connectivity index (χ1n) is 2.26. The highest BCUT2D eigenvalue weighted by atomic mass is 19.1. The molecule has 44 valence electrons. The summed E-state index contributed by atoms with van der Waals surface area (Å²) in [6.45, 7) is 0. The molecule has 0 aliphatic carbocycles. The second kappa shape index (κ2) is 1.86. The Labute approximate surface area is 46.3 Å². The van der Waals surface area contributed by atoms with E-state index in [1.807, 2.05) is 0 Å². The van der Waals surface area contributed by atoms with Gasteiger partial charge in [-0.3, -0.25) is 0 Å². The predicted molar refractivity (Wildman–Crippen MR) is 28.2 cm³/mol. The molecule has 3 heteroatoms. The van der Waals surface area contributed by atoms with Gasteiger partial charge in [-0.2, -0.15) is 4.39 Å². The first-order chi connectivity index (χ1) is 3.83. The third kappa shape index (κ3) is 0.804. The zero-order valence-electron chi connectivity index (χ0n) is 4.44. The summed E-state index contributed by atoms with van der Waals surface area (Å²) in [5, 5.41) is 2.64. The van der Waals surface area contributed by atoms with E-state index in [9.17, 15) is 4.39 Å². The van der Waals surface area contributed by atoms with Crippen molar-refractivity contribution >= 4 is 5.88 Å². The number of hydrogen-bond acceptors (Lipinski definition) is 2. The molecule has 0 amide bonds. The summed E-state index contributed by atoms with van der Waals surface area (Å²) in [5.74, 6) is 0.447. The minimum Gasteiger partial charge on any atom is -0.415 e. The molecule has 0 aliphatic heterocycles. The van der Waals surface area contributed by atoms with E-state index in [4.69, 9.17) is 0 Å². The SMILES string of the molecule is CNc1ccc(F)o1. The van der Waals surface area contributed by atoms with Crippen LogP contribution in [-0.4, -0.2) is 7.05 Å². The van der Waals surface area contributed by atoms with Crippen LogP contribution >= 0.6 is 0 Å². The molecule has 0 atom stereocenters. The quantitative estimate of drug-likeness (QED) is 0.599. The van der Waals surface area contributed by atoms with Gasteiger partial charge in [-0.1, -0.05) is 0 Å². The lowest BCUT2D eigenvalue weighted by Gasteiger charge is -1.86. The van der Waals surface area contributed by atoms with Crippen molar-refractivity contribution in [1.29, 1.82) is 0 Å². The Kier molecular flexibility index (Phi) is 1.20. The average molecular weight is 115 g/mol. The molecule has 8 heavy (non-hydrogen) atoms. The molecule has 0 saturated heterocycles. The minimum absolute atomic E-state index is 0.447. The Morgan fingerprint density at radius 3 is 2.62 bits per heavy atom. The van der Waals surface area contributed by atoms with Crippen molar-refractivity contribution in [2.45, 2.75) is 0 Å². The van der Waals surface area contributed by atoms with E-state index in [2.05, 4.69) is 9.73 Å². The third-order valence-corrected chi connectivity index (χ3v) is 0.820. The molecule has 0 radical (unpaired) electrons. The maximum absolute atomic E-state index is 11.9. The largest absolute Gasteiger partial charge is 0.415 e. The van der Waals surface area contributed by atoms with Gasteiger partial charge in [0.05, 0.1) is 0 Å². The summed E-state index contributed by atoms with van der Waals surface area (Å²) < 4.78 is 16.4. The zero-order valence-corrected chi connectivity index (χ0v) is 4.44. The fourth-order valence-electron chi connectivity index (χ4n) is 0.449. The van der Waals surface area contributed by atoms with Crippen molar-refractivity contribution in [1.82, 2.24) is 0 Å². The zero-order chi connectivity index (χ0) is 5.98. The van der Waals surface area contributed by atoms with Gasteiger partial charge in [0.25, 0.3) is 6.01 Å². The van der Waals surface area contributed by atoms with Gasteiger partial charge in [0.1, 0.15) is 0 Å². The minimum atomic E-state index is -0.561. The second-order valence-corrected chi connectivity index (χ2v) is 1.35. The standard InChI is InChI=1S/C5H6FNO/c1-7-5-3-2-4(6)8-5/h2-3,7H,1H3. The van der Waals surface area contributed by atoms with E-state index in [0.29, 0.717) is 5.88 Å². The summed E-state index contributed by atoms with van der Waals surface area (Å²) in [5.41, 5.74) is 0. The fourth-order valence-corrected chi connectivity index (χ4v) is 0.449. The van der Waals surface area contributed by atoms with Crippen molar-refractivity contribution < 1.29 is 8.81 Å². The highest BCUT2D eigenvalue weighted by molar-refractivity contribution is 5.28. The van der Waals surface area contributed by atoms with Crippen LogP contribution in [0, 0.1) is 6.01 Å². The van der Waals surface area contributed by atoms with Gasteiger partial charge in [-0.05, 0) is 0 Å². The first kappa shape index (κ1) is 5.15. The lowest BCUT2D eigenvalue weighted by Crippen LogP contribution is -1.81. The average Bonchev–Trinajstić information content (AvgIpc) is 2.14. The van der Waals surface area contributed by atoms with Crippen LogP contribution in [0.3, 0.4) is 0 Å². The van der Waals surface area contributed by atoms with Crippen molar-refractivity contribution in [2.75, 3.05) is 12.4 Å². The number of hydrogen-bond donors (Lipinski definition) is 1. The van der Waals surface area contributed by atoms with Crippen LogP contribution in [0.4, 0.5) is 10.3 Å². The van der Waals surface area contributed by atoms with Crippen LogP contribution in [0.5, 0.6) is 0 Å². The van der Waals surface area contributed by atoms with E-state index >= 15 is 0 Å².